The lowest BCUT2D eigenvalue weighted by molar-refractivity contribution is 0.549. The van der Waals surface area contributed by atoms with E-state index in [1.54, 1.807) is 0 Å². The van der Waals surface area contributed by atoms with Crippen LogP contribution in [0.1, 0.15) is 37.6 Å². The first-order valence-corrected chi connectivity index (χ1v) is 5.64. The average molecular weight is 192 g/mol. The third-order valence-corrected chi connectivity index (χ3v) is 3.20. The van der Waals surface area contributed by atoms with Gasteiger partial charge in [0, 0.05) is 17.4 Å². The van der Waals surface area contributed by atoms with Crippen molar-refractivity contribution in [3.8, 4) is 0 Å². The van der Waals surface area contributed by atoms with Crippen molar-refractivity contribution in [3.05, 3.63) is 23.5 Å². The average Bonchev–Trinajstić information content (AvgIpc) is 2.95. The van der Waals surface area contributed by atoms with E-state index in [2.05, 4.69) is 43.0 Å². The van der Waals surface area contributed by atoms with Gasteiger partial charge in [-0.2, -0.15) is 0 Å². The van der Waals surface area contributed by atoms with E-state index in [9.17, 15) is 0 Å². The molecule has 2 rings (SSSR count). The van der Waals surface area contributed by atoms with Crippen LogP contribution in [0, 0.1) is 19.8 Å². The molecule has 0 amide bonds. The quantitative estimate of drug-likeness (QED) is 0.776. The lowest BCUT2D eigenvalue weighted by Gasteiger charge is -2.21. The van der Waals surface area contributed by atoms with E-state index in [1.165, 1.54) is 30.7 Å². The molecule has 78 valence electrons. The highest BCUT2D eigenvalue weighted by molar-refractivity contribution is 5.16. The van der Waals surface area contributed by atoms with Crippen LogP contribution in [0.2, 0.25) is 0 Å². The van der Waals surface area contributed by atoms with Crippen molar-refractivity contribution in [1.82, 2.24) is 4.68 Å². The van der Waals surface area contributed by atoms with Crippen LogP contribution in [0.15, 0.2) is 12.1 Å². The predicted octanol–water partition coefficient (Wildman–Crippen LogP) is 2.84. The lowest BCUT2D eigenvalue weighted by atomic mass is 10.1. The molecule has 1 aromatic rings. The third kappa shape index (κ3) is 1.79. The van der Waals surface area contributed by atoms with Crippen molar-refractivity contribution < 1.29 is 0 Å². The molecule has 0 aliphatic heterocycles. The molecule has 0 aromatic carbocycles. The molecule has 1 aliphatic rings. The molecule has 1 heterocycles. The number of aryl methyl sites for hydroxylation is 2. The number of rotatable bonds is 4. The van der Waals surface area contributed by atoms with Gasteiger partial charge in [-0.1, -0.05) is 6.92 Å². The first kappa shape index (κ1) is 9.63. The second kappa shape index (κ2) is 3.68. The topological polar surface area (TPSA) is 17.0 Å². The van der Waals surface area contributed by atoms with Crippen LogP contribution in [0.4, 0.5) is 0 Å². The zero-order valence-corrected chi connectivity index (χ0v) is 9.38. The van der Waals surface area contributed by atoms with E-state index in [1.807, 2.05) is 0 Å². The second-order valence-electron chi connectivity index (χ2n) is 4.43. The summed E-state index contributed by atoms with van der Waals surface area (Å²) in [5.74, 6) is 0.918. The molecule has 0 spiro atoms. The SMILES string of the molecule is CCC(Nn1c(C)ccc1C)C1CC1. The first-order chi connectivity index (χ1) is 6.72. The fourth-order valence-corrected chi connectivity index (χ4v) is 2.07. The van der Waals surface area contributed by atoms with E-state index < -0.39 is 0 Å². The number of hydrogen-bond acceptors (Lipinski definition) is 1. The largest absolute Gasteiger partial charge is 0.323 e. The van der Waals surface area contributed by atoms with Crippen LogP contribution in [0.3, 0.4) is 0 Å². The monoisotopic (exact) mass is 192 g/mol. The van der Waals surface area contributed by atoms with Gasteiger partial charge in [0.25, 0.3) is 0 Å². The van der Waals surface area contributed by atoms with Crippen molar-refractivity contribution in [2.24, 2.45) is 5.92 Å². The molecule has 1 N–H and O–H groups in total. The van der Waals surface area contributed by atoms with E-state index >= 15 is 0 Å². The summed E-state index contributed by atoms with van der Waals surface area (Å²) < 4.78 is 2.23. The minimum absolute atomic E-state index is 0.666. The Labute approximate surface area is 86.3 Å². The van der Waals surface area contributed by atoms with Crippen LogP contribution in [0.25, 0.3) is 0 Å². The molecule has 1 unspecified atom stereocenters. The molecule has 14 heavy (non-hydrogen) atoms. The minimum atomic E-state index is 0.666. The van der Waals surface area contributed by atoms with Gasteiger partial charge in [0.1, 0.15) is 0 Å². The Balaban J connectivity index is 2.07. The molecule has 1 aromatic heterocycles. The smallest absolute Gasteiger partial charge is 0.0450 e. The van der Waals surface area contributed by atoms with Gasteiger partial charge in [-0.05, 0) is 51.2 Å². The Hall–Kier alpha value is -0.920. The van der Waals surface area contributed by atoms with Gasteiger partial charge < -0.3 is 5.43 Å². The molecule has 2 nitrogen and oxygen atoms in total. The Kier molecular flexibility index (Phi) is 2.53. The van der Waals surface area contributed by atoms with Crippen molar-refractivity contribution in [3.63, 3.8) is 0 Å². The molecule has 1 aliphatic carbocycles. The zero-order valence-electron chi connectivity index (χ0n) is 9.38. The highest BCUT2D eigenvalue weighted by Crippen LogP contribution is 2.34. The molecular weight excluding hydrogens is 172 g/mol. The van der Waals surface area contributed by atoms with E-state index in [0.717, 1.165) is 5.92 Å². The molecule has 0 radical (unpaired) electrons. The highest BCUT2D eigenvalue weighted by atomic mass is 15.4. The minimum Gasteiger partial charge on any atom is -0.323 e. The fourth-order valence-electron chi connectivity index (χ4n) is 2.07. The van der Waals surface area contributed by atoms with Gasteiger partial charge in [0.05, 0.1) is 0 Å². The third-order valence-electron chi connectivity index (χ3n) is 3.20. The highest BCUT2D eigenvalue weighted by Gasteiger charge is 2.30. The Morgan fingerprint density at radius 3 is 2.36 bits per heavy atom. The van der Waals surface area contributed by atoms with Gasteiger partial charge in [0.2, 0.25) is 0 Å². The number of nitrogens with one attached hydrogen (secondary N) is 1. The maximum Gasteiger partial charge on any atom is 0.0450 e. The van der Waals surface area contributed by atoms with E-state index in [4.69, 9.17) is 0 Å². The summed E-state index contributed by atoms with van der Waals surface area (Å²) in [5.41, 5.74) is 6.24. The van der Waals surface area contributed by atoms with Gasteiger partial charge >= 0.3 is 0 Å². The summed E-state index contributed by atoms with van der Waals surface area (Å²) in [5, 5.41) is 0. The zero-order chi connectivity index (χ0) is 10.1. The first-order valence-electron chi connectivity index (χ1n) is 5.64. The van der Waals surface area contributed by atoms with E-state index in [-0.39, 0.29) is 0 Å². The maximum atomic E-state index is 3.62. The summed E-state index contributed by atoms with van der Waals surface area (Å²) in [6.45, 7) is 6.57. The maximum absolute atomic E-state index is 3.62. The molecule has 2 heteroatoms. The second-order valence-corrected chi connectivity index (χ2v) is 4.43. The summed E-state index contributed by atoms with van der Waals surface area (Å²) >= 11 is 0. The van der Waals surface area contributed by atoms with Crippen LogP contribution < -0.4 is 5.43 Å². The normalized spacial score (nSPS) is 18.2. The van der Waals surface area contributed by atoms with Gasteiger partial charge in [-0.3, -0.25) is 4.68 Å². The van der Waals surface area contributed by atoms with Crippen LogP contribution in [-0.2, 0) is 0 Å². The van der Waals surface area contributed by atoms with Crippen molar-refractivity contribution in [2.45, 2.75) is 46.1 Å². The number of aromatic nitrogens is 1. The molecular formula is C12H20N2. The van der Waals surface area contributed by atoms with Gasteiger partial charge in [0.15, 0.2) is 0 Å². The number of hydrogen-bond donors (Lipinski definition) is 1. The number of nitrogens with zero attached hydrogens (tertiary/aromatic N) is 1. The Morgan fingerprint density at radius 1 is 1.36 bits per heavy atom. The molecule has 1 fully saturated rings. The molecule has 0 bridgehead atoms. The Morgan fingerprint density at radius 2 is 1.93 bits per heavy atom. The van der Waals surface area contributed by atoms with Crippen LogP contribution >= 0.6 is 0 Å². The van der Waals surface area contributed by atoms with Crippen LogP contribution in [-0.4, -0.2) is 10.7 Å². The molecule has 1 atom stereocenters. The predicted molar refractivity (Wildman–Crippen MR) is 60.1 cm³/mol. The summed E-state index contributed by atoms with van der Waals surface area (Å²) in [6, 6.07) is 5.00. The summed E-state index contributed by atoms with van der Waals surface area (Å²) in [4.78, 5) is 0. The van der Waals surface area contributed by atoms with Crippen molar-refractivity contribution >= 4 is 0 Å². The van der Waals surface area contributed by atoms with Crippen molar-refractivity contribution in [2.75, 3.05) is 5.43 Å². The van der Waals surface area contributed by atoms with Crippen molar-refractivity contribution in [1.29, 1.82) is 0 Å². The van der Waals surface area contributed by atoms with Gasteiger partial charge in [-0.15, -0.1) is 0 Å². The molecule has 0 saturated heterocycles. The summed E-state index contributed by atoms with van der Waals surface area (Å²) in [7, 11) is 0. The summed E-state index contributed by atoms with van der Waals surface area (Å²) in [6.07, 6.45) is 4.04. The fraction of sp³-hybridized carbons (Fsp3) is 0.667. The van der Waals surface area contributed by atoms with Gasteiger partial charge in [-0.25, -0.2) is 0 Å². The Bertz CT molecular complexity index is 291. The lowest BCUT2D eigenvalue weighted by Crippen LogP contribution is -2.30. The molecule has 1 saturated carbocycles. The van der Waals surface area contributed by atoms with Crippen LogP contribution in [0.5, 0.6) is 0 Å². The standard InChI is InChI=1S/C12H20N2/c1-4-12(11-7-8-11)13-14-9(2)5-6-10(14)3/h5-6,11-13H,4,7-8H2,1-3H3. The van der Waals surface area contributed by atoms with E-state index in [0.29, 0.717) is 6.04 Å².